The molecule has 1 heterocycles. The molecule has 0 radical (unpaired) electrons. The summed E-state index contributed by atoms with van der Waals surface area (Å²) in [5, 5.41) is 14.0. The first-order valence-corrected chi connectivity index (χ1v) is 7.37. The van der Waals surface area contributed by atoms with Gasteiger partial charge in [0.25, 0.3) is 5.69 Å². The Kier molecular flexibility index (Phi) is 4.46. The summed E-state index contributed by atoms with van der Waals surface area (Å²) < 4.78 is 5.84. The fourth-order valence-electron chi connectivity index (χ4n) is 2.73. The van der Waals surface area contributed by atoms with E-state index in [-0.39, 0.29) is 16.7 Å². The van der Waals surface area contributed by atoms with Gasteiger partial charge in [-0.1, -0.05) is 36.4 Å². The molecule has 1 aliphatic heterocycles. The van der Waals surface area contributed by atoms with Gasteiger partial charge in [-0.05, 0) is 23.1 Å². The molecule has 5 nitrogen and oxygen atoms in total. The molecule has 1 N–H and O–H groups in total. The Bertz CT molecular complexity index is 655. The molecule has 1 unspecified atom stereocenters. The lowest BCUT2D eigenvalue weighted by atomic mass is 9.97. The quantitative estimate of drug-likeness (QED) is 0.681. The van der Waals surface area contributed by atoms with Crippen LogP contribution >= 0.6 is 0 Å². The molecule has 2 aromatic carbocycles. The maximum absolute atomic E-state index is 10.6. The summed E-state index contributed by atoms with van der Waals surface area (Å²) in [7, 11) is 0. The van der Waals surface area contributed by atoms with Gasteiger partial charge in [0.15, 0.2) is 0 Å². The molecule has 5 heteroatoms. The smallest absolute Gasteiger partial charge is 0.269 e. The summed E-state index contributed by atoms with van der Waals surface area (Å²) in [6, 6.07) is 15.0. The summed E-state index contributed by atoms with van der Waals surface area (Å²) in [6.07, 6.45) is 1.04. The number of fused-ring (bicyclic) bond motifs is 1. The zero-order chi connectivity index (χ0) is 15.4. The van der Waals surface area contributed by atoms with Crippen LogP contribution in [0.15, 0.2) is 48.5 Å². The summed E-state index contributed by atoms with van der Waals surface area (Å²) in [5.74, 6) is 0. The molecule has 1 aliphatic rings. The first kappa shape index (κ1) is 14.7. The molecule has 0 aliphatic carbocycles. The first-order chi connectivity index (χ1) is 10.7. The molecule has 0 saturated carbocycles. The van der Waals surface area contributed by atoms with Crippen molar-refractivity contribution in [1.82, 2.24) is 5.32 Å². The van der Waals surface area contributed by atoms with E-state index in [1.165, 1.54) is 23.3 Å². The summed E-state index contributed by atoms with van der Waals surface area (Å²) >= 11 is 0. The van der Waals surface area contributed by atoms with E-state index in [1.54, 1.807) is 12.1 Å². The highest BCUT2D eigenvalue weighted by atomic mass is 16.6. The van der Waals surface area contributed by atoms with E-state index in [4.69, 9.17) is 4.74 Å². The third-order valence-electron chi connectivity index (χ3n) is 3.90. The van der Waals surface area contributed by atoms with Gasteiger partial charge in [-0.15, -0.1) is 0 Å². The van der Waals surface area contributed by atoms with Crippen LogP contribution in [0.4, 0.5) is 5.69 Å². The van der Waals surface area contributed by atoms with Crippen molar-refractivity contribution in [3.05, 3.63) is 75.3 Å². The second-order valence-electron chi connectivity index (χ2n) is 5.36. The Morgan fingerprint density at radius 1 is 1.18 bits per heavy atom. The van der Waals surface area contributed by atoms with Crippen molar-refractivity contribution in [2.24, 2.45) is 0 Å². The number of nitrogens with zero attached hydrogens (tertiary/aromatic N) is 1. The van der Waals surface area contributed by atoms with Crippen molar-refractivity contribution in [2.75, 3.05) is 13.2 Å². The van der Waals surface area contributed by atoms with Crippen LogP contribution in [0.5, 0.6) is 0 Å². The topological polar surface area (TPSA) is 64.4 Å². The molecule has 3 rings (SSSR count). The first-order valence-electron chi connectivity index (χ1n) is 7.37. The Hall–Kier alpha value is -2.24. The number of hydrogen-bond donors (Lipinski definition) is 1. The number of nitro groups is 1. The summed E-state index contributed by atoms with van der Waals surface area (Å²) in [5.41, 5.74) is 3.75. The number of nitro benzene ring substituents is 1. The van der Waals surface area contributed by atoms with Crippen molar-refractivity contribution in [3.63, 3.8) is 0 Å². The van der Waals surface area contributed by atoms with Crippen LogP contribution in [0.3, 0.4) is 0 Å². The lowest BCUT2D eigenvalue weighted by Gasteiger charge is -2.26. The minimum atomic E-state index is -0.385. The normalized spacial score (nSPS) is 17.0. The highest BCUT2D eigenvalue weighted by Crippen LogP contribution is 2.26. The Balaban J connectivity index is 1.56. The summed E-state index contributed by atoms with van der Waals surface area (Å²) in [4.78, 5) is 10.2. The SMILES string of the molecule is O=[N+]([O-])c1ccc(CNCC2OCCc3ccccc32)cc1. The average molecular weight is 298 g/mol. The second kappa shape index (κ2) is 6.68. The lowest BCUT2D eigenvalue weighted by molar-refractivity contribution is -0.384. The molecular formula is C17H18N2O3. The Morgan fingerprint density at radius 3 is 2.73 bits per heavy atom. The monoisotopic (exact) mass is 298 g/mol. The van der Waals surface area contributed by atoms with Crippen LogP contribution < -0.4 is 5.32 Å². The van der Waals surface area contributed by atoms with Gasteiger partial charge in [0.1, 0.15) is 0 Å². The standard InChI is InChI=1S/C17H18N2O3/c20-19(21)15-7-5-13(6-8-15)11-18-12-17-16-4-2-1-3-14(16)9-10-22-17/h1-8,17-18H,9-12H2. The van der Waals surface area contributed by atoms with Gasteiger partial charge in [0.2, 0.25) is 0 Å². The van der Waals surface area contributed by atoms with Gasteiger partial charge in [-0.3, -0.25) is 10.1 Å². The lowest BCUT2D eigenvalue weighted by Crippen LogP contribution is -2.27. The number of hydrogen-bond acceptors (Lipinski definition) is 4. The molecule has 0 fully saturated rings. The number of ether oxygens (including phenoxy) is 1. The van der Waals surface area contributed by atoms with Gasteiger partial charge in [0, 0.05) is 25.2 Å². The second-order valence-corrected chi connectivity index (χ2v) is 5.36. The van der Waals surface area contributed by atoms with Gasteiger partial charge in [0.05, 0.1) is 17.6 Å². The van der Waals surface area contributed by atoms with Gasteiger partial charge >= 0.3 is 0 Å². The molecule has 114 valence electrons. The highest BCUT2D eigenvalue weighted by Gasteiger charge is 2.19. The van der Waals surface area contributed by atoms with Crippen LogP contribution in [0, 0.1) is 10.1 Å². The van der Waals surface area contributed by atoms with E-state index in [0.717, 1.165) is 25.1 Å². The Morgan fingerprint density at radius 2 is 1.95 bits per heavy atom. The molecule has 0 bridgehead atoms. The van der Waals surface area contributed by atoms with Crippen LogP contribution in [-0.4, -0.2) is 18.1 Å². The minimum Gasteiger partial charge on any atom is -0.372 e. The van der Waals surface area contributed by atoms with Crippen molar-refractivity contribution in [3.8, 4) is 0 Å². The van der Waals surface area contributed by atoms with Crippen molar-refractivity contribution in [1.29, 1.82) is 0 Å². The van der Waals surface area contributed by atoms with Crippen molar-refractivity contribution >= 4 is 5.69 Å². The molecule has 0 spiro atoms. The zero-order valence-electron chi connectivity index (χ0n) is 12.2. The van der Waals surface area contributed by atoms with E-state index < -0.39 is 0 Å². The number of benzene rings is 2. The van der Waals surface area contributed by atoms with E-state index in [2.05, 4.69) is 23.5 Å². The van der Waals surface area contributed by atoms with E-state index in [1.807, 2.05) is 6.07 Å². The number of rotatable bonds is 5. The van der Waals surface area contributed by atoms with E-state index in [9.17, 15) is 10.1 Å². The predicted octanol–water partition coefficient (Wildman–Crippen LogP) is 3.00. The maximum Gasteiger partial charge on any atom is 0.269 e. The van der Waals surface area contributed by atoms with Crippen LogP contribution in [-0.2, 0) is 17.7 Å². The van der Waals surface area contributed by atoms with Crippen molar-refractivity contribution in [2.45, 2.75) is 19.1 Å². The molecule has 1 atom stereocenters. The predicted molar refractivity (Wildman–Crippen MR) is 83.6 cm³/mol. The van der Waals surface area contributed by atoms with Crippen molar-refractivity contribution < 1.29 is 9.66 Å². The number of non-ortho nitro benzene ring substituents is 1. The van der Waals surface area contributed by atoms with Gasteiger partial charge in [-0.25, -0.2) is 0 Å². The molecule has 0 amide bonds. The molecule has 0 saturated heterocycles. The van der Waals surface area contributed by atoms with Crippen LogP contribution in [0.1, 0.15) is 22.8 Å². The molecule has 0 aromatic heterocycles. The molecular weight excluding hydrogens is 280 g/mol. The number of nitrogens with one attached hydrogen (secondary N) is 1. The van der Waals surface area contributed by atoms with Crippen LogP contribution in [0.25, 0.3) is 0 Å². The summed E-state index contributed by atoms with van der Waals surface area (Å²) in [6.45, 7) is 2.15. The fourth-order valence-corrected chi connectivity index (χ4v) is 2.73. The van der Waals surface area contributed by atoms with Gasteiger partial charge in [-0.2, -0.15) is 0 Å². The third-order valence-corrected chi connectivity index (χ3v) is 3.90. The Labute approximate surface area is 129 Å². The highest BCUT2D eigenvalue weighted by molar-refractivity contribution is 5.33. The molecule has 2 aromatic rings. The van der Waals surface area contributed by atoms with Crippen LogP contribution in [0.2, 0.25) is 0 Å². The van der Waals surface area contributed by atoms with Gasteiger partial charge < -0.3 is 10.1 Å². The fraction of sp³-hybridized carbons (Fsp3) is 0.294. The third kappa shape index (κ3) is 3.32. The zero-order valence-corrected chi connectivity index (χ0v) is 12.2. The average Bonchev–Trinajstić information content (AvgIpc) is 2.55. The minimum absolute atomic E-state index is 0.0722. The van der Waals surface area contributed by atoms with E-state index in [0.29, 0.717) is 6.54 Å². The van der Waals surface area contributed by atoms with E-state index >= 15 is 0 Å². The maximum atomic E-state index is 10.6. The largest absolute Gasteiger partial charge is 0.372 e. The molecule has 22 heavy (non-hydrogen) atoms.